The van der Waals surface area contributed by atoms with E-state index in [2.05, 4.69) is 0 Å². The third-order valence-corrected chi connectivity index (χ3v) is 10.8. The van der Waals surface area contributed by atoms with Crippen molar-refractivity contribution in [3.63, 3.8) is 0 Å². The van der Waals surface area contributed by atoms with Gasteiger partial charge in [-0.15, -0.1) is 0 Å². The number of alkyl halides is 4. The van der Waals surface area contributed by atoms with E-state index in [0.29, 0.717) is 57.9 Å². The average molecular weight is 567 g/mol. The zero-order valence-electron chi connectivity index (χ0n) is 22.2. The lowest BCUT2D eigenvalue weighted by molar-refractivity contribution is -0.228. The van der Waals surface area contributed by atoms with Gasteiger partial charge in [0, 0.05) is 42.2 Å². The summed E-state index contributed by atoms with van der Waals surface area (Å²) in [7, 11) is -3.12. The lowest BCUT2D eigenvalue weighted by Crippen LogP contribution is -2.57. The van der Waals surface area contributed by atoms with Crippen LogP contribution in [0.4, 0.5) is 23.2 Å². The lowest BCUT2D eigenvalue weighted by Gasteiger charge is -2.49. The Labute approximate surface area is 227 Å². The summed E-state index contributed by atoms with van der Waals surface area (Å²) in [5, 5.41) is 0. The number of carbonyl (C=O) groups is 1. The summed E-state index contributed by atoms with van der Waals surface area (Å²) in [6.07, 6.45) is -3.25. The second-order valence-corrected chi connectivity index (χ2v) is 13.6. The van der Waals surface area contributed by atoms with Crippen LogP contribution in [-0.4, -0.2) is 62.6 Å². The molecule has 2 fully saturated rings. The first-order valence-electron chi connectivity index (χ1n) is 13.5. The molecular weight excluding hydrogens is 532 g/mol. The normalized spacial score (nSPS) is 26.6. The molecule has 2 aromatic carbocycles. The van der Waals surface area contributed by atoms with Crippen molar-refractivity contribution in [2.24, 2.45) is 5.92 Å². The van der Waals surface area contributed by atoms with Crippen LogP contribution in [0.25, 0.3) is 0 Å². The van der Waals surface area contributed by atoms with Crippen LogP contribution in [0.2, 0.25) is 0 Å². The number of likely N-dealkylation sites (N-methyl/N-ethyl adjacent to an activating group) is 1. The highest BCUT2D eigenvalue weighted by Crippen LogP contribution is 2.52. The first-order valence-corrected chi connectivity index (χ1v) is 15.3. The molecule has 1 amide bonds. The minimum Gasteiger partial charge on any atom is -0.369 e. The number of sulfone groups is 1. The molecule has 2 saturated heterocycles. The van der Waals surface area contributed by atoms with Crippen molar-refractivity contribution in [1.29, 1.82) is 0 Å². The molecule has 3 atom stereocenters. The zero-order valence-corrected chi connectivity index (χ0v) is 23.0. The van der Waals surface area contributed by atoms with Gasteiger partial charge in [-0.1, -0.05) is 42.5 Å². The highest BCUT2D eigenvalue weighted by molar-refractivity contribution is 7.91. The molecule has 0 saturated carbocycles. The molecule has 0 N–H and O–H groups in total. The van der Waals surface area contributed by atoms with E-state index in [1.807, 2.05) is 47.1 Å². The van der Waals surface area contributed by atoms with Crippen molar-refractivity contribution in [1.82, 2.24) is 4.90 Å². The summed E-state index contributed by atoms with van der Waals surface area (Å²) in [5.74, 6) is -0.399. The highest BCUT2D eigenvalue weighted by Gasteiger charge is 2.57. The molecule has 3 aliphatic rings. The average Bonchev–Trinajstić information content (AvgIpc) is 3.26. The fourth-order valence-electron chi connectivity index (χ4n) is 6.70. The van der Waals surface area contributed by atoms with Gasteiger partial charge < -0.3 is 9.80 Å². The molecule has 5 nitrogen and oxygen atoms in total. The zero-order chi connectivity index (χ0) is 28.2. The van der Waals surface area contributed by atoms with Gasteiger partial charge in [-0.3, -0.25) is 4.79 Å². The summed E-state index contributed by atoms with van der Waals surface area (Å²) in [4.78, 5) is 17.6. The molecule has 212 valence electrons. The van der Waals surface area contributed by atoms with Crippen LogP contribution in [0.5, 0.6) is 0 Å². The number of carbonyl (C=O) groups excluding carboxylic acids is 1. The minimum absolute atomic E-state index is 0.00493. The molecule has 0 aliphatic carbocycles. The molecule has 5 rings (SSSR count). The molecule has 0 radical (unpaired) electrons. The van der Waals surface area contributed by atoms with Crippen molar-refractivity contribution < 1.29 is 30.8 Å². The number of halogens is 4. The van der Waals surface area contributed by atoms with Gasteiger partial charge in [-0.2, -0.15) is 13.2 Å². The van der Waals surface area contributed by atoms with Gasteiger partial charge in [0.25, 0.3) is 0 Å². The van der Waals surface area contributed by atoms with Crippen molar-refractivity contribution in [2.75, 3.05) is 36.0 Å². The van der Waals surface area contributed by atoms with Crippen LogP contribution in [0.1, 0.15) is 49.8 Å². The predicted molar refractivity (Wildman–Crippen MR) is 142 cm³/mol. The number of hydrogen-bond donors (Lipinski definition) is 0. The van der Waals surface area contributed by atoms with Crippen molar-refractivity contribution in [2.45, 2.75) is 62.8 Å². The Morgan fingerprint density at radius 2 is 1.72 bits per heavy atom. The third-order valence-electron chi connectivity index (χ3n) is 9.09. The Balaban J connectivity index is 1.58. The van der Waals surface area contributed by atoms with Gasteiger partial charge in [-0.05, 0) is 56.7 Å². The van der Waals surface area contributed by atoms with Gasteiger partial charge in [-0.25, -0.2) is 12.8 Å². The molecular formula is C29H34F4N2O3S. The smallest absolute Gasteiger partial charge is 0.369 e. The van der Waals surface area contributed by atoms with Gasteiger partial charge in [0.1, 0.15) is 9.84 Å². The second kappa shape index (κ2) is 9.78. The Hall–Kier alpha value is -2.62. The van der Waals surface area contributed by atoms with Gasteiger partial charge >= 0.3 is 6.18 Å². The highest BCUT2D eigenvalue weighted by atomic mass is 32.2. The van der Waals surface area contributed by atoms with E-state index in [1.54, 1.807) is 6.07 Å². The number of hydrogen-bond acceptors (Lipinski definition) is 4. The molecule has 3 aliphatic heterocycles. The Morgan fingerprint density at radius 3 is 2.33 bits per heavy atom. The molecule has 0 spiro atoms. The van der Waals surface area contributed by atoms with E-state index in [4.69, 9.17) is 0 Å². The van der Waals surface area contributed by atoms with E-state index in [9.17, 15) is 26.4 Å². The fourth-order valence-corrected chi connectivity index (χ4v) is 8.19. The lowest BCUT2D eigenvalue weighted by atomic mass is 9.66. The number of fused-ring (bicyclic) bond motifs is 3. The maximum atomic E-state index is 15.0. The Morgan fingerprint density at radius 1 is 1.05 bits per heavy atom. The number of amides is 1. The summed E-state index contributed by atoms with van der Waals surface area (Å²) < 4.78 is 79.8. The van der Waals surface area contributed by atoms with E-state index in [1.165, 1.54) is 12.1 Å². The SMILES string of the molecule is CCN1CC2N(C(=O)C3CCS(=O)(=O)CC3)CCC2(Cc2ccccc2)c2ccc(C(C)(F)C(F)(F)F)cc21. The molecule has 0 bridgehead atoms. The van der Waals surface area contributed by atoms with Crippen molar-refractivity contribution in [3.05, 3.63) is 65.2 Å². The number of likely N-dealkylation sites (tertiary alicyclic amines) is 1. The number of nitrogens with zero attached hydrogens (tertiary/aromatic N) is 2. The van der Waals surface area contributed by atoms with Crippen LogP contribution in [0, 0.1) is 5.92 Å². The van der Waals surface area contributed by atoms with Gasteiger partial charge in [0.15, 0.2) is 0 Å². The van der Waals surface area contributed by atoms with Crippen LogP contribution in [-0.2, 0) is 32.1 Å². The van der Waals surface area contributed by atoms with E-state index in [-0.39, 0.29) is 29.4 Å². The third kappa shape index (κ3) is 4.83. The van der Waals surface area contributed by atoms with E-state index < -0.39 is 32.7 Å². The fraction of sp³-hybridized carbons (Fsp3) is 0.552. The number of benzene rings is 2. The van der Waals surface area contributed by atoms with Crippen molar-refractivity contribution >= 4 is 21.4 Å². The van der Waals surface area contributed by atoms with E-state index in [0.717, 1.165) is 11.1 Å². The summed E-state index contributed by atoms with van der Waals surface area (Å²) >= 11 is 0. The standard InChI is InChI=1S/C29H34F4N2O3S/c1-3-34-19-25-28(18-20-7-5-4-6-8-20,13-14-35(25)26(36)21-11-15-39(37,38)16-12-21)23-10-9-22(17-24(23)34)27(2,30)29(31,32)33/h4-10,17,21,25H,3,11-16,18-19H2,1-2H3. The monoisotopic (exact) mass is 566 g/mol. The van der Waals surface area contributed by atoms with Crippen LogP contribution >= 0.6 is 0 Å². The summed E-state index contributed by atoms with van der Waals surface area (Å²) in [6.45, 7) is 3.81. The maximum absolute atomic E-state index is 15.0. The minimum atomic E-state index is -5.05. The van der Waals surface area contributed by atoms with Crippen LogP contribution < -0.4 is 4.90 Å². The quantitative estimate of drug-likeness (QED) is 0.468. The summed E-state index contributed by atoms with van der Waals surface area (Å²) in [5.41, 5.74) is -2.05. The van der Waals surface area contributed by atoms with Crippen molar-refractivity contribution in [3.8, 4) is 0 Å². The topological polar surface area (TPSA) is 57.7 Å². The molecule has 39 heavy (non-hydrogen) atoms. The molecule has 3 heterocycles. The van der Waals surface area contributed by atoms with Gasteiger partial charge in [0.05, 0.1) is 17.5 Å². The first-order chi connectivity index (χ1) is 18.3. The molecule has 0 aromatic heterocycles. The Bertz CT molecular complexity index is 1330. The van der Waals surface area contributed by atoms with Gasteiger partial charge in [0.2, 0.25) is 11.6 Å². The molecule has 3 unspecified atom stereocenters. The molecule has 10 heteroatoms. The van der Waals surface area contributed by atoms with Crippen LogP contribution in [0.3, 0.4) is 0 Å². The maximum Gasteiger partial charge on any atom is 0.426 e. The largest absolute Gasteiger partial charge is 0.426 e. The first kappa shape index (κ1) is 27.9. The Kier molecular flexibility index (Phi) is 7.01. The number of anilines is 1. The second-order valence-electron chi connectivity index (χ2n) is 11.3. The van der Waals surface area contributed by atoms with Crippen LogP contribution in [0.15, 0.2) is 48.5 Å². The number of rotatable bonds is 5. The predicted octanol–water partition coefficient (Wildman–Crippen LogP) is 5.18. The molecule has 2 aromatic rings. The summed E-state index contributed by atoms with van der Waals surface area (Å²) in [6, 6.07) is 13.8. The van der Waals surface area contributed by atoms with E-state index >= 15 is 4.39 Å².